The van der Waals surface area contributed by atoms with Crippen molar-refractivity contribution in [2.24, 2.45) is 23.7 Å². The van der Waals surface area contributed by atoms with Crippen LogP contribution in [-0.4, -0.2) is 154 Å². The monoisotopic (exact) mass is 1080 g/mol. The number of hydrogen-bond donors (Lipinski definition) is 0. The molecule has 3 aromatic carbocycles. The Bertz CT molecular complexity index is 2690. The Balaban J connectivity index is 1.59. The minimum absolute atomic E-state index is 0.0880. The normalized spacial score (nSPS) is 23.6. The van der Waals surface area contributed by atoms with Gasteiger partial charge in [0.2, 0.25) is 0 Å². The Morgan fingerprint density at radius 2 is 0.756 bits per heavy atom. The molecule has 1 aliphatic heterocycles. The molecule has 0 bridgehead atoms. The summed E-state index contributed by atoms with van der Waals surface area (Å²) in [5.41, 5.74) is 3.14. The lowest BCUT2D eigenvalue weighted by Crippen LogP contribution is -2.55. The van der Waals surface area contributed by atoms with Crippen LogP contribution in [0.4, 0.5) is 0 Å². The van der Waals surface area contributed by atoms with E-state index in [-0.39, 0.29) is 62.2 Å². The third kappa shape index (κ3) is 16.5. The standard InChI is InChI=1S/C60H82N6O12/c1-36(2)28-47-57(71)75-41(10)54(68)63(12)50(31-39(7)8)60(74)78-52(33-43-24-26-44(27-25-43)35-66-46-23-19-18-22-45(46)34-61-66)56(70)65(14)48(29-37(3)4)58(72)76-40(9)53(67)62(11)49(30-38(5)6)59(73)77-51(55(69)64(47)13)32-42-20-16-15-17-21-42/h15-27,34,36-41,47-52H,28-33,35H2,1-14H3/t40-,41-,47+,48+,49+,50+,51-,52-/m1/s1. The van der Waals surface area contributed by atoms with Gasteiger partial charge in [0.25, 0.3) is 23.6 Å². The first-order valence-corrected chi connectivity index (χ1v) is 27.2. The molecule has 0 unspecified atom stereocenters. The highest BCUT2D eigenvalue weighted by Gasteiger charge is 2.43. The topological polar surface area (TPSA) is 204 Å². The highest BCUT2D eigenvalue weighted by molar-refractivity contribution is 5.94. The van der Waals surface area contributed by atoms with E-state index in [1.54, 1.807) is 36.5 Å². The molecule has 8 atom stereocenters. The SMILES string of the molecule is CC(C)C[C@H]1C(=O)O[C@H](Cc2ccc(Cn3ncc4ccccc43)cc2)C(=O)N(C)[C@@H](CC(C)C)C(=O)O[C@H](C)C(=O)N(C)[C@@H](CC(C)C)C(=O)O[C@H](Cc2ccccc2)C(=O)N(C)[C@@H](CC(C)C)C(=O)O[C@H](C)C(=O)N1C. The van der Waals surface area contributed by atoms with Gasteiger partial charge in [0.15, 0.2) is 24.4 Å². The van der Waals surface area contributed by atoms with E-state index in [0.717, 1.165) is 36.1 Å². The van der Waals surface area contributed by atoms with Crippen LogP contribution in [0.5, 0.6) is 0 Å². The lowest BCUT2D eigenvalue weighted by atomic mass is 9.99. The van der Waals surface area contributed by atoms with E-state index in [9.17, 15) is 33.6 Å². The van der Waals surface area contributed by atoms with Gasteiger partial charge in [-0.2, -0.15) is 5.10 Å². The van der Waals surface area contributed by atoms with Crippen LogP contribution in [0.15, 0.2) is 85.1 Å². The van der Waals surface area contributed by atoms with E-state index in [2.05, 4.69) is 5.10 Å². The predicted molar refractivity (Wildman–Crippen MR) is 294 cm³/mol. The van der Waals surface area contributed by atoms with Crippen molar-refractivity contribution in [1.82, 2.24) is 29.4 Å². The smallest absolute Gasteiger partial charge is 0.329 e. The maximum atomic E-state index is 15.0. The number of carbonyl (C=O) groups is 8. The molecule has 0 spiro atoms. The molecule has 1 aromatic heterocycles. The molecule has 4 aromatic rings. The van der Waals surface area contributed by atoms with E-state index >= 15 is 4.79 Å². The number of benzene rings is 3. The molecule has 0 saturated carbocycles. The van der Waals surface area contributed by atoms with Crippen LogP contribution in [-0.2, 0) is 76.7 Å². The highest BCUT2D eigenvalue weighted by atomic mass is 16.6. The molecule has 0 aliphatic carbocycles. The number of cyclic esters (lactones) is 4. The first-order valence-electron chi connectivity index (χ1n) is 27.2. The van der Waals surface area contributed by atoms with E-state index in [1.807, 2.05) is 109 Å². The summed E-state index contributed by atoms with van der Waals surface area (Å²) in [5.74, 6) is -7.30. The third-order valence-corrected chi connectivity index (χ3v) is 14.1. The third-order valence-electron chi connectivity index (χ3n) is 14.1. The lowest BCUT2D eigenvalue weighted by Gasteiger charge is -2.35. The van der Waals surface area contributed by atoms with Gasteiger partial charge in [-0.1, -0.05) is 128 Å². The molecule has 18 heteroatoms. The van der Waals surface area contributed by atoms with Gasteiger partial charge < -0.3 is 38.5 Å². The number of rotatable bonds is 14. The summed E-state index contributed by atoms with van der Waals surface area (Å²) in [6.45, 7) is 18.0. The molecule has 78 heavy (non-hydrogen) atoms. The molecule has 4 amide bonds. The van der Waals surface area contributed by atoms with Gasteiger partial charge in [0, 0.05) is 46.4 Å². The molecule has 424 valence electrons. The predicted octanol–water partition coefficient (Wildman–Crippen LogP) is 7.06. The van der Waals surface area contributed by atoms with Crippen molar-refractivity contribution in [3.8, 4) is 0 Å². The first kappa shape index (κ1) is 61.7. The molecule has 0 N–H and O–H groups in total. The van der Waals surface area contributed by atoms with Crippen molar-refractivity contribution in [1.29, 1.82) is 0 Å². The molecule has 1 fully saturated rings. The van der Waals surface area contributed by atoms with Crippen molar-refractivity contribution in [3.05, 3.63) is 102 Å². The number of ether oxygens (including phenoxy) is 4. The van der Waals surface area contributed by atoms with Gasteiger partial charge in [-0.15, -0.1) is 0 Å². The summed E-state index contributed by atoms with van der Waals surface area (Å²) in [7, 11) is 5.58. The molecule has 0 radical (unpaired) electrons. The summed E-state index contributed by atoms with van der Waals surface area (Å²) >= 11 is 0. The lowest BCUT2D eigenvalue weighted by molar-refractivity contribution is -0.176. The molecule has 5 rings (SSSR count). The number of amides is 4. The van der Waals surface area contributed by atoms with Gasteiger partial charge in [0.1, 0.15) is 24.2 Å². The van der Waals surface area contributed by atoms with Gasteiger partial charge >= 0.3 is 23.9 Å². The van der Waals surface area contributed by atoms with Crippen LogP contribution < -0.4 is 0 Å². The Hall–Kier alpha value is -7.11. The molecule has 1 aliphatic rings. The van der Waals surface area contributed by atoms with Gasteiger partial charge in [0.05, 0.1) is 18.3 Å². The number of para-hydroxylation sites is 1. The number of carbonyl (C=O) groups excluding carboxylic acids is 8. The number of fused-ring (bicyclic) bond motifs is 1. The number of hydrogen-bond acceptors (Lipinski definition) is 13. The second-order valence-electron chi connectivity index (χ2n) is 22.5. The minimum Gasteiger partial charge on any atom is -0.451 e. The number of esters is 4. The average Bonchev–Trinajstić information content (AvgIpc) is 3.80. The molecular weight excluding hydrogens is 997 g/mol. The first-order chi connectivity index (χ1) is 36.8. The summed E-state index contributed by atoms with van der Waals surface area (Å²) in [6.07, 6.45) is -4.01. The number of nitrogens with zero attached hydrogens (tertiary/aromatic N) is 6. The Labute approximate surface area is 460 Å². The van der Waals surface area contributed by atoms with Gasteiger partial charge in [-0.3, -0.25) is 23.9 Å². The van der Waals surface area contributed by atoms with Crippen molar-refractivity contribution in [2.45, 2.75) is 163 Å². The summed E-state index contributed by atoms with van der Waals surface area (Å²) in [5, 5.41) is 5.54. The molecule has 18 nitrogen and oxygen atoms in total. The summed E-state index contributed by atoms with van der Waals surface area (Å²) < 4.78 is 26.0. The maximum Gasteiger partial charge on any atom is 0.329 e. The molecule has 2 heterocycles. The van der Waals surface area contributed by atoms with Crippen LogP contribution in [0.3, 0.4) is 0 Å². The number of likely N-dealkylation sites (N-methyl/N-ethyl adjacent to an activating group) is 4. The molecular formula is C60H82N6O12. The van der Waals surface area contributed by atoms with E-state index in [0.29, 0.717) is 17.7 Å². The van der Waals surface area contributed by atoms with Crippen LogP contribution in [0.25, 0.3) is 10.9 Å². The van der Waals surface area contributed by atoms with Crippen LogP contribution in [0.1, 0.15) is 112 Å². The zero-order chi connectivity index (χ0) is 57.7. The highest BCUT2D eigenvalue weighted by Crippen LogP contribution is 2.25. The fraction of sp³-hybridized carbons (Fsp3) is 0.550. The Kier molecular flexibility index (Phi) is 22.1. The largest absolute Gasteiger partial charge is 0.451 e. The van der Waals surface area contributed by atoms with Crippen molar-refractivity contribution in [2.75, 3.05) is 28.2 Å². The van der Waals surface area contributed by atoms with Crippen molar-refractivity contribution < 1.29 is 57.3 Å². The average molecular weight is 1080 g/mol. The van der Waals surface area contributed by atoms with E-state index < -0.39 is 96.1 Å². The van der Waals surface area contributed by atoms with Crippen LogP contribution in [0, 0.1) is 23.7 Å². The zero-order valence-corrected chi connectivity index (χ0v) is 48.0. The summed E-state index contributed by atoms with van der Waals surface area (Å²) in [4.78, 5) is 121. The van der Waals surface area contributed by atoms with Gasteiger partial charge in [-0.05, 0) is 86.0 Å². The fourth-order valence-electron chi connectivity index (χ4n) is 9.63. The zero-order valence-electron chi connectivity index (χ0n) is 48.0. The quantitative estimate of drug-likeness (QED) is 0.0918. The summed E-state index contributed by atoms with van der Waals surface area (Å²) in [6, 6.07) is 19.1. The second-order valence-corrected chi connectivity index (χ2v) is 22.5. The van der Waals surface area contributed by atoms with Crippen LogP contribution in [0.2, 0.25) is 0 Å². The second kappa shape index (κ2) is 28.0. The Morgan fingerprint density at radius 1 is 0.423 bits per heavy atom. The van der Waals surface area contributed by atoms with Gasteiger partial charge in [-0.25, -0.2) is 19.2 Å². The minimum atomic E-state index is -1.53. The maximum absolute atomic E-state index is 15.0. The Morgan fingerprint density at radius 3 is 1.15 bits per heavy atom. The van der Waals surface area contributed by atoms with Crippen molar-refractivity contribution >= 4 is 58.4 Å². The van der Waals surface area contributed by atoms with Crippen LogP contribution >= 0.6 is 0 Å². The van der Waals surface area contributed by atoms with Crippen molar-refractivity contribution in [3.63, 3.8) is 0 Å². The van der Waals surface area contributed by atoms with E-state index in [1.165, 1.54) is 42.0 Å². The van der Waals surface area contributed by atoms with E-state index in [4.69, 9.17) is 18.9 Å². The molecule has 1 saturated heterocycles. The number of aromatic nitrogens is 2. The fourth-order valence-corrected chi connectivity index (χ4v) is 9.63.